The summed E-state index contributed by atoms with van der Waals surface area (Å²) in [7, 11) is 0. The highest BCUT2D eigenvalue weighted by atomic mass is 16.2. The fourth-order valence-corrected chi connectivity index (χ4v) is 4.82. The first-order valence-corrected chi connectivity index (χ1v) is 11.0. The van der Waals surface area contributed by atoms with Gasteiger partial charge in [0.15, 0.2) is 0 Å². The van der Waals surface area contributed by atoms with Crippen molar-refractivity contribution in [1.82, 2.24) is 0 Å². The van der Waals surface area contributed by atoms with E-state index in [0.717, 1.165) is 30.6 Å². The smallest absolute Gasteiger partial charge is 0.265 e. The quantitative estimate of drug-likeness (QED) is 0.595. The molecule has 1 fully saturated rings. The zero-order chi connectivity index (χ0) is 21.1. The summed E-state index contributed by atoms with van der Waals surface area (Å²) < 4.78 is 0. The van der Waals surface area contributed by atoms with Gasteiger partial charge in [-0.25, -0.2) is 4.90 Å². The third kappa shape index (κ3) is 3.70. The number of nitrogens with zero attached hydrogens (tertiary/aromatic N) is 2. The molecule has 0 radical (unpaired) electrons. The van der Waals surface area contributed by atoms with E-state index < -0.39 is 5.92 Å². The fourth-order valence-electron chi connectivity index (χ4n) is 4.82. The van der Waals surface area contributed by atoms with Crippen LogP contribution in [0.5, 0.6) is 0 Å². The summed E-state index contributed by atoms with van der Waals surface area (Å²) >= 11 is 0. The summed E-state index contributed by atoms with van der Waals surface area (Å²) in [4.78, 5) is 34.5. The first-order valence-electron chi connectivity index (χ1n) is 11.0. The molecule has 1 N–H and O–H groups in total. The van der Waals surface area contributed by atoms with Crippen LogP contribution in [0.4, 0.5) is 5.69 Å². The topological polar surface area (TPSA) is 54.2 Å². The van der Waals surface area contributed by atoms with Crippen molar-refractivity contribution in [2.45, 2.75) is 45.1 Å². The summed E-state index contributed by atoms with van der Waals surface area (Å²) in [6.07, 6.45) is 4.96. The number of carbonyl (C=O) groups is 2. The average molecular weight is 405 g/mol. The highest BCUT2D eigenvalue weighted by Crippen LogP contribution is 2.33. The number of hydrogen-bond donors (Lipinski definition) is 1. The van der Waals surface area contributed by atoms with Crippen molar-refractivity contribution < 1.29 is 14.5 Å². The molecule has 5 heteroatoms. The van der Waals surface area contributed by atoms with Gasteiger partial charge in [0.25, 0.3) is 5.91 Å². The number of fused-ring (bicyclic) bond motifs is 1. The molecule has 2 aliphatic heterocycles. The highest BCUT2D eigenvalue weighted by Gasteiger charge is 2.39. The predicted molar refractivity (Wildman–Crippen MR) is 120 cm³/mol. The number of likely N-dealkylation sites (tertiary alicyclic amines) is 1. The largest absolute Gasteiger partial charge is 0.331 e. The maximum atomic E-state index is 13.5. The molecule has 156 valence electrons. The number of para-hydroxylation sites is 1. The first-order chi connectivity index (χ1) is 14.7. The van der Waals surface area contributed by atoms with Crippen LogP contribution in [0.25, 0.3) is 0 Å². The molecule has 30 heavy (non-hydrogen) atoms. The molecule has 0 saturated carbocycles. The molecule has 3 atom stereocenters. The molecule has 4 rings (SSSR count). The number of hydrogen-bond acceptors (Lipinski definition) is 3. The normalized spacial score (nSPS) is 23.9. The summed E-state index contributed by atoms with van der Waals surface area (Å²) in [6.45, 7) is 7.30. The zero-order valence-electron chi connectivity index (χ0n) is 17.8. The molecule has 0 spiro atoms. The van der Waals surface area contributed by atoms with E-state index >= 15 is 0 Å². The molecular weight excluding hydrogens is 374 g/mol. The monoisotopic (exact) mass is 404 g/mol. The van der Waals surface area contributed by atoms with E-state index in [1.165, 1.54) is 24.3 Å². The van der Waals surface area contributed by atoms with Crippen LogP contribution in [-0.2, 0) is 11.2 Å². The molecule has 2 amide bonds. The van der Waals surface area contributed by atoms with E-state index in [-0.39, 0.29) is 11.8 Å². The molecule has 1 unspecified atom stereocenters. The van der Waals surface area contributed by atoms with Gasteiger partial charge in [-0.3, -0.25) is 14.6 Å². The van der Waals surface area contributed by atoms with Crippen molar-refractivity contribution in [2.75, 3.05) is 24.5 Å². The van der Waals surface area contributed by atoms with Crippen molar-refractivity contribution in [3.8, 4) is 0 Å². The fraction of sp³-hybridized carbons (Fsp3) is 0.400. The molecule has 5 nitrogen and oxygen atoms in total. The number of imide groups is 1. The predicted octanol–water partition coefficient (Wildman–Crippen LogP) is 2.66. The minimum Gasteiger partial charge on any atom is -0.331 e. The van der Waals surface area contributed by atoms with Crippen molar-refractivity contribution in [2.24, 2.45) is 4.99 Å². The summed E-state index contributed by atoms with van der Waals surface area (Å²) in [6, 6.07) is 15.6. The Morgan fingerprint density at radius 1 is 1.10 bits per heavy atom. The number of carbonyl (C=O) groups excluding carboxylic acids is 2. The van der Waals surface area contributed by atoms with Gasteiger partial charge in [-0.2, -0.15) is 0 Å². The molecule has 2 aliphatic rings. The van der Waals surface area contributed by atoms with Gasteiger partial charge in [0.2, 0.25) is 5.91 Å². The minimum atomic E-state index is -0.532. The molecule has 0 bridgehead atoms. The Morgan fingerprint density at radius 2 is 1.87 bits per heavy atom. The zero-order valence-corrected chi connectivity index (χ0v) is 17.8. The van der Waals surface area contributed by atoms with Gasteiger partial charge in [-0.05, 0) is 36.6 Å². The second-order valence-electron chi connectivity index (χ2n) is 8.14. The van der Waals surface area contributed by atoms with E-state index in [4.69, 9.17) is 4.99 Å². The van der Waals surface area contributed by atoms with Crippen LogP contribution in [0.2, 0.25) is 0 Å². The Balaban J connectivity index is 1.67. The number of nitrogens with one attached hydrogen (secondary N) is 1. The Bertz CT molecular complexity index is 968. The van der Waals surface area contributed by atoms with Gasteiger partial charge in [0.1, 0.15) is 6.04 Å². The molecule has 0 aromatic heterocycles. The van der Waals surface area contributed by atoms with Crippen LogP contribution in [0.3, 0.4) is 0 Å². The van der Waals surface area contributed by atoms with E-state index in [2.05, 4.69) is 6.92 Å². The van der Waals surface area contributed by atoms with Crippen molar-refractivity contribution in [1.29, 1.82) is 0 Å². The number of benzene rings is 2. The van der Waals surface area contributed by atoms with Crippen LogP contribution < -0.4 is 9.80 Å². The Labute approximate surface area is 178 Å². The molecule has 2 aromatic rings. The van der Waals surface area contributed by atoms with E-state index in [1.54, 1.807) is 11.1 Å². The summed E-state index contributed by atoms with van der Waals surface area (Å²) in [5, 5.41) is 0. The molecule has 0 aliphatic carbocycles. The van der Waals surface area contributed by atoms with Crippen LogP contribution >= 0.6 is 0 Å². The maximum Gasteiger partial charge on any atom is 0.265 e. The third-order valence-corrected chi connectivity index (χ3v) is 6.49. The number of aryl methyl sites for hydroxylation is 1. The number of amides is 2. The SMILES string of the molecule is CCc1ccccc1N1C(=O)c2ccccc2[C@@H](C=NC[C@H]2CCC[NH+]2CC)C1=O. The second kappa shape index (κ2) is 8.92. The lowest BCUT2D eigenvalue weighted by atomic mass is 9.88. The lowest BCUT2D eigenvalue weighted by molar-refractivity contribution is -0.908. The molecular formula is C25H30N3O2+. The van der Waals surface area contributed by atoms with Crippen LogP contribution in [0.15, 0.2) is 53.5 Å². The number of aliphatic imine (C=N–C) groups is 1. The van der Waals surface area contributed by atoms with Crippen LogP contribution in [-0.4, -0.2) is 43.7 Å². The van der Waals surface area contributed by atoms with Crippen LogP contribution in [0.1, 0.15) is 54.1 Å². The summed E-state index contributed by atoms with van der Waals surface area (Å²) in [5.41, 5.74) is 3.01. The Morgan fingerprint density at radius 3 is 2.67 bits per heavy atom. The Kier molecular flexibility index (Phi) is 6.09. The lowest BCUT2D eigenvalue weighted by Crippen LogP contribution is -3.13. The van der Waals surface area contributed by atoms with Gasteiger partial charge >= 0.3 is 0 Å². The van der Waals surface area contributed by atoms with Crippen molar-refractivity contribution in [3.05, 3.63) is 65.2 Å². The number of anilines is 1. The average Bonchev–Trinajstić information content (AvgIpc) is 3.24. The third-order valence-electron chi connectivity index (χ3n) is 6.49. The van der Waals surface area contributed by atoms with Gasteiger partial charge in [-0.15, -0.1) is 0 Å². The minimum absolute atomic E-state index is 0.213. The van der Waals surface area contributed by atoms with Crippen LogP contribution in [0, 0.1) is 0 Å². The number of quaternary nitrogens is 1. The highest BCUT2D eigenvalue weighted by molar-refractivity contribution is 6.29. The standard InChI is InChI=1S/C25H29N3O2/c1-3-18-10-5-8-14-23(18)28-24(29)21-13-7-6-12-20(21)22(25(28)30)17-26-16-19-11-9-15-27(19)4-2/h5-8,10,12-14,17,19,22H,3-4,9,11,15-16H2,1-2H3/p+1/t19-,22-/m1/s1. The second-order valence-corrected chi connectivity index (χ2v) is 8.14. The lowest BCUT2D eigenvalue weighted by Gasteiger charge is -2.32. The van der Waals surface area contributed by atoms with Gasteiger partial charge in [0, 0.05) is 24.6 Å². The Hall–Kier alpha value is -2.79. The van der Waals surface area contributed by atoms with Gasteiger partial charge < -0.3 is 4.90 Å². The summed E-state index contributed by atoms with van der Waals surface area (Å²) in [5.74, 6) is -0.997. The first kappa shape index (κ1) is 20.5. The van der Waals surface area contributed by atoms with Crippen molar-refractivity contribution >= 4 is 23.7 Å². The van der Waals surface area contributed by atoms with E-state index in [9.17, 15) is 9.59 Å². The maximum absolute atomic E-state index is 13.5. The van der Waals surface area contributed by atoms with Gasteiger partial charge in [-0.1, -0.05) is 43.3 Å². The van der Waals surface area contributed by atoms with E-state index in [1.807, 2.05) is 55.5 Å². The molecule has 2 heterocycles. The molecule has 1 saturated heterocycles. The van der Waals surface area contributed by atoms with Crippen molar-refractivity contribution in [3.63, 3.8) is 0 Å². The van der Waals surface area contributed by atoms with Gasteiger partial charge in [0.05, 0.1) is 31.2 Å². The van der Waals surface area contributed by atoms with E-state index in [0.29, 0.717) is 17.3 Å². The molecule has 2 aromatic carbocycles. The number of rotatable bonds is 6. The number of likely N-dealkylation sites (N-methyl/N-ethyl adjacent to an activating group) is 1.